The number of rotatable bonds is 4. The van der Waals surface area contributed by atoms with Gasteiger partial charge in [0.2, 0.25) is 0 Å². The first-order valence-electron chi connectivity index (χ1n) is 14.0. The molecular weight excluding hydrogens is 533 g/mol. The van der Waals surface area contributed by atoms with Crippen LogP contribution in [0.5, 0.6) is 0 Å². The molecule has 11 heteroatoms. The van der Waals surface area contributed by atoms with Crippen molar-refractivity contribution in [1.82, 2.24) is 24.7 Å². The number of hydrogen-bond acceptors (Lipinski definition) is 7. The van der Waals surface area contributed by atoms with Gasteiger partial charge in [-0.3, -0.25) is 14.6 Å². The Hall–Kier alpha value is -3.07. The quantitative estimate of drug-likeness (QED) is 0.500. The zero-order valence-electron chi connectivity index (χ0n) is 25.3. The molecule has 1 unspecified atom stereocenters. The number of ether oxygens (including phenoxy) is 1. The van der Waals surface area contributed by atoms with Crippen LogP contribution in [0.25, 0.3) is 0 Å². The van der Waals surface area contributed by atoms with Crippen LogP contribution in [0.2, 0.25) is 0 Å². The SMILES string of the molecule is CC.COC.Cc1ncnc(C)c1C(=O)N1CCC(C#N)(N2CCN(Cc3ccc(C(F)(F)F)cc3)C(C)C2)CC1. The average Bonchev–Trinajstić information content (AvgIpc) is 2.95. The van der Waals surface area contributed by atoms with E-state index in [2.05, 4.69) is 37.5 Å². The van der Waals surface area contributed by atoms with Gasteiger partial charge in [0, 0.05) is 59.5 Å². The third-order valence-corrected chi connectivity index (χ3v) is 7.56. The number of nitrogens with zero attached hydrogens (tertiary/aromatic N) is 6. The van der Waals surface area contributed by atoms with E-state index in [1.165, 1.54) is 18.5 Å². The summed E-state index contributed by atoms with van der Waals surface area (Å²) in [5.74, 6) is -0.0909. The van der Waals surface area contributed by atoms with Crippen molar-refractivity contribution in [2.75, 3.05) is 46.9 Å². The van der Waals surface area contributed by atoms with Crippen LogP contribution in [-0.4, -0.2) is 89.1 Å². The van der Waals surface area contributed by atoms with Gasteiger partial charge < -0.3 is 9.64 Å². The van der Waals surface area contributed by atoms with Crippen LogP contribution in [-0.2, 0) is 17.5 Å². The molecule has 1 amide bonds. The monoisotopic (exact) mass is 576 g/mol. The molecule has 1 aromatic heterocycles. The number of methoxy groups -OCH3 is 1. The molecule has 0 spiro atoms. The summed E-state index contributed by atoms with van der Waals surface area (Å²) >= 11 is 0. The number of halogens is 3. The second kappa shape index (κ2) is 15.2. The fraction of sp³-hybridized carbons (Fsp3) is 0.600. The fourth-order valence-corrected chi connectivity index (χ4v) is 5.29. The maximum Gasteiger partial charge on any atom is 0.416 e. The predicted molar refractivity (Wildman–Crippen MR) is 152 cm³/mol. The molecule has 2 aliphatic rings. The van der Waals surface area contributed by atoms with E-state index in [1.807, 2.05) is 13.8 Å². The molecule has 2 fully saturated rings. The number of carbonyl (C=O) groups is 1. The van der Waals surface area contributed by atoms with Gasteiger partial charge >= 0.3 is 6.18 Å². The zero-order valence-corrected chi connectivity index (χ0v) is 25.3. The summed E-state index contributed by atoms with van der Waals surface area (Å²) in [6.45, 7) is 13.3. The van der Waals surface area contributed by atoms with Crippen LogP contribution in [0.4, 0.5) is 13.2 Å². The molecule has 226 valence electrons. The van der Waals surface area contributed by atoms with Gasteiger partial charge in [0.1, 0.15) is 11.9 Å². The van der Waals surface area contributed by atoms with Gasteiger partial charge in [-0.15, -0.1) is 0 Å². The Morgan fingerprint density at radius 3 is 2.05 bits per heavy atom. The molecule has 1 aromatic carbocycles. The molecule has 2 aliphatic heterocycles. The van der Waals surface area contributed by atoms with E-state index >= 15 is 0 Å². The summed E-state index contributed by atoms with van der Waals surface area (Å²) in [5.41, 5.74) is 1.40. The van der Waals surface area contributed by atoms with Gasteiger partial charge in [-0.1, -0.05) is 26.0 Å². The lowest BCUT2D eigenvalue weighted by atomic mass is 9.85. The first kappa shape index (κ1) is 34.1. The van der Waals surface area contributed by atoms with Gasteiger partial charge in [0.25, 0.3) is 5.91 Å². The van der Waals surface area contributed by atoms with Gasteiger partial charge in [-0.25, -0.2) is 9.97 Å². The molecule has 0 N–H and O–H groups in total. The van der Waals surface area contributed by atoms with Crippen molar-refractivity contribution in [3.8, 4) is 6.07 Å². The lowest BCUT2D eigenvalue weighted by Gasteiger charge is -2.49. The Morgan fingerprint density at radius 1 is 1.05 bits per heavy atom. The second-order valence-electron chi connectivity index (χ2n) is 10.2. The number of nitriles is 1. The average molecular weight is 577 g/mol. The standard InChI is InChI=1S/C26H31F3N6O.C2H6O.C2H6/c1-18-14-35(13-12-34(18)15-21-4-6-22(7-5-21)26(27,28)29)25(16-30)8-10-33(11-9-25)24(36)23-19(2)31-17-32-20(23)3;1-3-2;1-2/h4-7,17-18H,8-15H2,1-3H3;1-2H3;1-2H3. The molecule has 41 heavy (non-hydrogen) atoms. The highest BCUT2D eigenvalue weighted by molar-refractivity contribution is 5.96. The van der Waals surface area contributed by atoms with Crippen molar-refractivity contribution < 1.29 is 22.7 Å². The number of benzene rings is 1. The van der Waals surface area contributed by atoms with Crippen LogP contribution < -0.4 is 0 Å². The Balaban J connectivity index is 0.00000110. The van der Waals surface area contributed by atoms with E-state index in [4.69, 9.17) is 0 Å². The predicted octanol–water partition coefficient (Wildman–Crippen LogP) is 5.11. The maximum atomic E-state index is 13.1. The highest BCUT2D eigenvalue weighted by Gasteiger charge is 2.44. The first-order valence-corrected chi connectivity index (χ1v) is 14.0. The summed E-state index contributed by atoms with van der Waals surface area (Å²) in [6.07, 6.45) is -1.76. The molecule has 0 bridgehead atoms. The van der Waals surface area contributed by atoms with Crippen LogP contribution in [0, 0.1) is 25.2 Å². The Morgan fingerprint density at radius 2 is 1.59 bits per heavy atom. The summed E-state index contributed by atoms with van der Waals surface area (Å²) in [4.78, 5) is 27.7. The Labute approximate surface area is 242 Å². The fourth-order valence-electron chi connectivity index (χ4n) is 5.29. The molecule has 2 aromatic rings. The minimum Gasteiger partial charge on any atom is -0.388 e. The third kappa shape index (κ3) is 8.47. The number of carbonyl (C=O) groups excluding carboxylic acids is 1. The highest BCUT2D eigenvalue weighted by atomic mass is 19.4. The van der Waals surface area contributed by atoms with Gasteiger partial charge in [0.05, 0.1) is 28.6 Å². The molecule has 0 aliphatic carbocycles. The molecule has 4 rings (SSSR count). The number of piperidine rings is 1. The number of aromatic nitrogens is 2. The molecular formula is C30H43F3N6O2. The van der Waals surface area contributed by atoms with E-state index in [-0.39, 0.29) is 11.9 Å². The van der Waals surface area contributed by atoms with Crippen LogP contribution in [0.3, 0.4) is 0 Å². The molecule has 8 nitrogen and oxygen atoms in total. The summed E-state index contributed by atoms with van der Waals surface area (Å²) in [5, 5.41) is 10.2. The number of piperazine rings is 1. The number of aryl methyl sites for hydroxylation is 2. The summed E-state index contributed by atoms with van der Waals surface area (Å²) in [6, 6.07) is 8.01. The summed E-state index contributed by atoms with van der Waals surface area (Å²) < 4.78 is 42.8. The van der Waals surface area contributed by atoms with Crippen molar-refractivity contribution >= 4 is 5.91 Å². The van der Waals surface area contributed by atoms with Gasteiger partial charge in [-0.2, -0.15) is 18.4 Å². The molecule has 3 heterocycles. The van der Waals surface area contributed by atoms with E-state index in [9.17, 15) is 23.2 Å². The van der Waals surface area contributed by atoms with Crippen molar-refractivity contribution in [2.24, 2.45) is 0 Å². The lowest BCUT2D eigenvalue weighted by Crippen LogP contribution is -2.62. The largest absolute Gasteiger partial charge is 0.416 e. The van der Waals surface area contributed by atoms with Crippen molar-refractivity contribution in [3.05, 3.63) is 58.7 Å². The minimum atomic E-state index is -4.34. The minimum absolute atomic E-state index is 0.0909. The third-order valence-electron chi connectivity index (χ3n) is 7.56. The topological polar surface area (TPSA) is 85.6 Å². The highest BCUT2D eigenvalue weighted by Crippen LogP contribution is 2.33. The molecule has 0 saturated carbocycles. The van der Waals surface area contributed by atoms with E-state index in [0.29, 0.717) is 69.1 Å². The van der Waals surface area contributed by atoms with Crippen molar-refractivity contribution in [3.63, 3.8) is 0 Å². The normalized spacial score (nSPS) is 19.2. The summed E-state index contributed by atoms with van der Waals surface area (Å²) in [7, 11) is 3.25. The van der Waals surface area contributed by atoms with Gasteiger partial charge in [0.15, 0.2) is 0 Å². The number of amides is 1. The number of hydrogen-bond donors (Lipinski definition) is 0. The second-order valence-corrected chi connectivity index (χ2v) is 10.2. The van der Waals surface area contributed by atoms with Crippen molar-refractivity contribution in [1.29, 1.82) is 5.26 Å². The van der Waals surface area contributed by atoms with Gasteiger partial charge in [-0.05, 0) is 51.3 Å². The lowest BCUT2D eigenvalue weighted by molar-refractivity contribution is -0.137. The Bertz CT molecular complexity index is 1140. The van der Waals surface area contributed by atoms with E-state index in [1.54, 1.807) is 33.0 Å². The molecule has 0 radical (unpaired) electrons. The smallest absolute Gasteiger partial charge is 0.388 e. The Kier molecular flexibility index (Phi) is 12.7. The zero-order chi connectivity index (χ0) is 30.8. The molecule has 1 atom stereocenters. The van der Waals surface area contributed by atoms with Crippen LogP contribution >= 0.6 is 0 Å². The number of likely N-dealkylation sites (tertiary alicyclic amines) is 1. The molecule has 2 saturated heterocycles. The maximum absolute atomic E-state index is 13.1. The number of alkyl halides is 3. The van der Waals surface area contributed by atoms with Crippen LogP contribution in [0.15, 0.2) is 30.6 Å². The van der Waals surface area contributed by atoms with Crippen molar-refractivity contribution in [2.45, 2.75) is 71.8 Å². The first-order chi connectivity index (χ1) is 19.5. The van der Waals surface area contributed by atoms with E-state index < -0.39 is 17.3 Å². The van der Waals surface area contributed by atoms with E-state index in [0.717, 1.165) is 17.7 Å². The van der Waals surface area contributed by atoms with Crippen LogP contribution in [0.1, 0.15) is 66.5 Å².